The van der Waals surface area contributed by atoms with Gasteiger partial charge in [-0.3, -0.25) is 0 Å². The standard InChI is InChI=1S/C16H19N3O2/c17-12-2-1-5-19(10-12)16-13-9-15-14(20-6-7-21-15)8-11(13)3-4-18-16/h3-4,8-9,12H,1-2,5-7,10,17H2/t12-/m1/s1. The number of hydrogen-bond acceptors (Lipinski definition) is 5. The summed E-state index contributed by atoms with van der Waals surface area (Å²) in [4.78, 5) is 6.87. The number of ether oxygens (including phenoxy) is 2. The van der Waals surface area contributed by atoms with Gasteiger partial charge in [-0.1, -0.05) is 0 Å². The number of hydrogen-bond donors (Lipinski definition) is 1. The summed E-state index contributed by atoms with van der Waals surface area (Å²) in [6, 6.07) is 6.33. The smallest absolute Gasteiger partial charge is 0.162 e. The minimum Gasteiger partial charge on any atom is -0.486 e. The molecule has 2 aliphatic rings. The summed E-state index contributed by atoms with van der Waals surface area (Å²) in [5.41, 5.74) is 6.10. The van der Waals surface area contributed by atoms with Crippen molar-refractivity contribution in [3.63, 3.8) is 0 Å². The molecule has 1 aromatic heterocycles. The number of aromatic nitrogens is 1. The quantitative estimate of drug-likeness (QED) is 0.867. The molecular formula is C16H19N3O2. The average molecular weight is 285 g/mol. The Kier molecular flexibility index (Phi) is 3.07. The van der Waals surface area contributed by atoms with Gasteiger partial charge in [0.2, 0.25) is 0 Å². The van der Waals surface area contributed by atoms with Crippen LogP contribution in [0.4, 0.5) is 5.82 Å². The van der Waals surface area contributed by atoms with E-state index in [1.807, 2.05) is 24.4 Å². The van der Waals surface area contributed by atoms with E-state index < -0.39 is 0 Å². The SMILES string of the molecule is N[C@@H]1CCCN(c2nccc3cc4c(cc23)OCCO4)C1. The first kappa shape index (κ1) is 12.7. The summed E-state index contributed by atoms with van der Waals surface area (Å²) < 4.78 is 11.4. The van der Waals surface area contributed by atoms with Crippen molar-refractivity contribution in [3.8, 4) is 11.5 Å². The van der Waals surface area contributed by atoms with Crippen LogP contribution in [0.25, 0.3) is 10.8 Å². The van der Waals surface area contributed by atoms with Crippen molar-refractivity contribution in [1.82, 2.24) is 4.98 Å². The van der Waals surface area contributed by atoms with Gasteiger partial charge < -0.3 is 20.1 Å². The Bertz CT molecular complexity index is 674. The summed E-state index contributed by atoms with van der Waals surface area (Å²) in [6.07, 6.45) is 4.06. The monoisotopic (exact) mass is 285 g/mol. The molecule has 2 N–H and O–H groups in total. The highest BCUT2D eigenvalue weighted by atomic mass is 16.6. The molecule has 0 amide bonds. The maximum atomic E-state index is 6.10. The zero-order valence-electron chi connectivity index (χ0n) is 11.9. The molecule has 110 valence electrons. The lowest BCUT2D eigenvalue weighted by molar-refractivity contribution is 0.172. The third-order valence-electron chi connectivity index (χ3n) is 4.16. The minimum atomic E-state index is 0.230. The normalized spacial score (nSPS) is 21.6. The number of benzene rings is 1. The third-order valence-corrected chi connectivity index (χ3v) is 4.16. The molecule has 0 bridgehead atoms. The molecule has 0 spiro atoms. The minimum absolute atomic E-state index is 0.230. The van der Waals surface area contributed by atoms with E-state index in [4.69, 9.17) is 15.2 Å². The van der Waals surface area contributed by atoms with Gasteiger partial charge in [0.1, 0.15) is 19.0 Å². The maximum Gasteiger partial charge on any atom is 0.162 e. The number of anilines is 1. The summed E-state index contributed by atoms with van der Waals surface area (Å²) in [6.45, 7) is 3.08. The van der Waals surface area contributed by atoms with Gasteiger partial charge in [-0.2, -0.15) is 0 Å². The Labute approximate surface area is 123 Å². The molecule has 5 heteroatoms. The zero-order chi connectivity index (χ0) is 14.2. The summed E-state index contributed by atoms with van der Waals surface area (Å²) in [5.74, 6) is 2.63. The molecular weight excluding hydrogens is 266 g/mol. The first-order chi connectivity index (χ1) is 10.3. The highest BCUT2D eigenvalue weighted by Crippen LogP contribution is 2.37. The topological polar surface area (TPSA) is 60.6 Å². The van der Waals surface area contributed by atoms with Gasteiger partial charge in [0.25, 0.3) is 0 Å². The summed E-state index contributed by atoms with van der Waals surface area (Å²) in [5, 5.41) is 2.24. The lowest BCUT2D eigenvalue weighted by atomic mass is 10.0. The fourth-order valence-corrected chi connectivity index (χ4v) is 3.15. The van der Waals surface area contributed by atoms with Gasteiger partial charge in [0, 0.05) is 30.7 Å². The molecule has 0 aliphatic carbocycles. The Morgan fingerprint density at radius 1 is 1.19 bits per heavy atom. The van der Waals surface area contributed by atoms with E-state index in [2.05, 4.69) is 9.88 Å². The van der Waals surface area contributed by atoms with E-state index in [-0.39, 0.29) is 6.04 Å². The first-order valence-electron chi connectivity index (χ1n) is 7.50. The van der Waals surface area contributed by atoms with E-state index in [0.29, 0.717) is 13.2 Å². The molecule has 3 heterocycles. The van der Waals surface area contributed by atoms with Crippen molar-refractivity contribution in [2.45, 2.75) is 18.9 Å². The van der Waals surface area contributed by atoms with Crippen LogP contribution in [0.1, 0.15) is 12.8 Å². The second-order valence-electron chi connectivity index (χ2n) is 5.70. The van der Waals surface area contributed by atoms with Crippen LogP contribution in [0, 0.1) is 0 Å². The van der Waals surface area contributed by atoms with E-state index in [1.165, 1.54) is 0 Å². The van der Waals surface area contributed by atoms with E-state index in [9.17, 15) is 0 Å². The largest absolute Gasteiger partial charge is 0.486 e. The predicted molar refractivity (Wildman–Crippen MR) is 82.2 cm³/mol. The van der Waals surface area contributed by atoms with Crippen molar-refractivity contribution in [2.75, 3.05) is 31.2 Å². The highest BCUT2D eigenvalue weighted by Gasteiger charge is 2.21. The molecule has 4 rings (SSSR count). The van der Waals surface area contributed by atoms with Crippen LogP contribution in [0.3, 0.4) is 0 Å². The lowest BCUT2D eigenvalue weighted by Crippen LogP contribution is -2.43. The number of rotatable bonds is 1. The van der Waals surface area contributed by atoms with Crippen LogP contribution in [0.2, 0.25) is 0 Å². The van der Waals surface area contributed by atoms with Crippen LogP contribution < -0.4 is 20.1 Å². The Balaban J connectivity index is 1.81. The lowest BCUT2D eigenvalue weighted by Gasteiger charge is -2.32. The number of nitrogens with two attached hydrogens (primary N) is 1. The molecule has 1 aromatic carbocycles. The first-order valence-corrected chi connectivity index (χ1v) is 7.50. The fourth-order valence-electron chi connectivity index (χ4n) is 3.15. The van der Waals surface area contributed by atoms with Crippen LogP contribution >= 0.6 is 0 Å². The molecule has 21 heavy (non-hydrogen) atoms. The van der Waals surface area contributed by atoms with Crippen molar-refractivity contribution in [1.29, 1.82) is 0 Å². The van der Waals surface area contributed by atoms with Gasteiger partial charge in [-0.25, -0.2) is 4.98 Å². The second kappa shape index (κ2) is 5.07. The van der Waals surface area contributed by atoms with Crippen molar-refractivity contribution < 1.29 is 9.47 Å². The fraction of sp³-hybridized carbons (Fsp3) is 0.438. The molecule has 1 fully saturated rings. The van der Waals surface area contributed by atoms with Crippen molar-refractivity contribution in [2.24, 2.45) is 5.73 Å². The predicted octanol–water partition coefficient (Wildman–Crippen LogP) is 1.93. The Hall–Kier alpha value is -2.01. The van der Waals surface area contributed by atoms with E-state index >= 15 is 0 Å². The molecule has 1 saturated heterocycles. The molecule has 5 nitrogen and oxygen atoms in total. The van der Waals surface area contributed by atoms with Gasteiger partial charge >= 0.3 is 0 Å². The molecule has 0 saturated carbocycles. The number of nitrogens with zero attached hydrogens (tertiary/aromatic N) is 2. The summed E-state index contributed by atoms with van der Waals surface area (Å²) in [7, 11) is 0. The number of fused-ring (bicyclic) bond motifs is 2. The molecule has 2 aliphatic heterocycles. The van der Waals surface area contributed by atoms with E-state index in [0.717, 1.165) is 54.0 Å². The maximum absolute atomic E-state index is 6.10. The van der Waals surface area contributed by atoms with E-state index in [1.54, 1.807) is 0 Å². The molecule has 1 atom stereocenters. The summed E-state index contributed by atoms with van der Waals surface area (Å²) >= 11 is 0. The van der Waals surface area contributed by atoms with Crippen LogP contribution in [-0.2, 0) is 0 Å². The number of piperidine rings is 1. The van der Waals surface area contributed by atoms with Gasteiger partial charge in [-0.15, -0.1) is 0 Å². The van der Waals surface area contributed by atoms with Gasteiger partial charge in [-0.05, 0) is 36.4 Å². The Morgan fingerprint density at radius 3 is 2.81 bits per heavy atom. The van der Waals surface area contributed by atoms with Gasteiger partial charge in [0.15, 0.2) is 11.5 Å². The average Bonchev–Trinajstić information content (AvgIpc) is 2.52. The second-order valence-corrected chi connectivity index (χ2v) is 5.70. The molecule has 0 radical (unpaired) electrons. The van der Waals surface area contributed by atoms with Crippen molar-refractivity contribution in [3.05, 3.63) is 24.4 Å². The van der Waals surface area contributed by atoms with Crippen LogP contribution in [0.5, 0.6) is 11.5 Å². The number of pyridine rings is 1. The van der Waals surface area contributed by atoms with Crippen molar-refractivity contribution >= 4 is 16.6 Å². The third kappa shape index (κ3) is 2.27. The van der Waals surface area contributed by atoms with Gasteiger partial charge in [0.05, 0.1) is 0 Å². The van der Waals surface area contributed by atoms with Crippen LogP contribution in [-0.4, -0.2) is 37.3 Å². The molecule has 0 unspecified atom stereocenters. The van der Waals surface area contributed by atoms with Crippen LogP contribution in [0.15, 0.2) is 24.4 Å². The molecule has 2 aromatic rings. The highest BCUT2D eigenvalue weighted by molar-refractivity contribution is 5.94. The zero-order valence-corrected chi connectivity index (χ0v) is 11.9. The Morgan fingerprint density at radius 2 is 2.00 bits per heavy atom.